The topological polar surface area (TPSA) is 54.6 Å². The lowest BCUT2D eigenvalue weighted by Gasteiger charge is -2.00. The van der Waals surface area contributed by atoms with E-state index in [9.17, 15) is 9.18 Å². The van der Waals surface area contributed by atoms with Gasteiger partial charge in [0.2, 0.25) is 0 Å². The summed E-state index contributed by atoms with van der Waals surface area (Å²) in [5.41, 5.74) is 2.18. The molecular weight excluding hydrogens is 235 g/mol. The van der Waals surface area contributed by atoms with E-state index in [0.29, 0.717) is 5.76 Å². The van der Waals surface area contributed by atoms with Crippen molar-refractivity contribution in [2.24, 2.45) is 5.10 Å². The van der Waals surface area contributed by atoms with Crippen LogP contribution in [0.5, 0.6) is 0 Å². The predicted molar refractivity (Wildman–Crippen MR) is 64.9 cm³/mol. The molecule has 0 radical (unpaired) electrons. The van der Waals surface area contributed by atoms with E-state index in [1.54, 1.807) is 25.1 Å². The highest BCUT2D eigenvalue weighted by Gasteiger charge is 2.09. The normalized spacial score (nSPS) is 10.8. The summed E-state index contributed by atoms with van der Waals surface area (Å²) in [7, 11) is 0. The minimum Gasteiger partial charge on any atom is -0.460 e. The van der Waals surface area contributed by atoms with E-state index in [1.165, 1.54) is 24.4 Å². The number of aryl methyl sites for hydroxylation is 1. The van der Waals surface area contributed by atoms with Gasteiger partial charge in [0, 0.05) is 0 Å². The molecule has 92 valence electrons. The highest BCUT2D eigenvalue weighted by Crippen LogP contribution is 2.06. The van der Waals surface area contributed by atoms with Crippen molar-refractivity contribution in [1.82, 2.24) is 5.43 Å². The lowest BCUT2D eigenvalue weighted by Crippen LogP contribution is -2.18. The molecule has 0 aliphatic heterocycles. The van der Waals surface area contributed by atoms with E-state index in [4.69, 9.17) is 4.42 Å². The molecule has 0 spiro atoms. The number of hydrazone groups is 1. The number of hydrogen-bond donors (Lipinski definition) is 1. The van der Waals surface area contributed by atoms with Crippen molar-refractivity contribution in [3.63, 3.8) is 0 Å². The SMILES string of the molecule is Cc1ccc(/C=N\NC(=O)c2ccccc2F)o1. The van der Waals surface area contributed by atoms with E-state index >= 15 is 0 Å². The average molecular weight is 246 g/mol. The number of rotatable bonds is 3. The summed E-state index contributed by atoms with van der Waals surface area (Å²) in [6.45, 7) is 1.80. The smallest absolute Gasteiger partial charge is 0.274 e. The van der Waals surface area contributed by atoms with Crippen LogP contribution in [0.15, 0.2) is 45.9 Å². The summed E-state index contributed by atoms with van der Waals surface area (Å²) in [6, 6.07) is 9.19. The van der Waals surface area contributed by atoms with Crippen LogP contribution in [-0.4, -0.2) is 12.1 Å². The van der Waals surface area contributed by atoms with Crippen LogP contribution >= 0.6 is 0 Å². The number of hydrogen-bond acceptors (Lipinski definition) is 3. The number of carbonyl (C=O) groups is 1. The Hall–Kier alpha value is -2.43. The van der Waals surface area contributed by atoms with Crippen LogP contribution in [0.25, 0.3) is 0 Å². The van der Waals surface area contributed by atoms with E-state index in [-0.39, 0.29) is 5.56 Å². The van der Waals surface area contributed by atoms with Gasteiger partial charge in [-0.25, -0.2) is 9.82 Å². The quantitative estimate of drug-likeness (QED) is 0.668. The molecule has 2 rings (SSSR count). The summed E-state index contributed by atoms with van der Waals surface area (Å²) in [4.78, 5) is 11.6. The molecule has 0 saturated carbocycles. The maximum absolute atomic E-state index is 13.3. The molecule has 18 heavy (non-hydrogen) atoms. The summed E-state index contributed by atoms with van der Waals surface area (Å²) in [5.74, 6) is 0.0740. The van der Waals surface area contributed by atoms with Gasteiger partial charge in [0.15, 0.2) is 0 Å². The van der Waals surface area contributed by atoms with Crippen LogP contribution in [0.2, 0.25) is 0 Å². The van der Waals surface area contributed by atoms with Gasteiger partial charge in [-0.05, 0) is 31.2 Å². The van der Waals surface area contributed by atoms with Crippen molar-refractivity contribution in [3.8, 4) is 0 Å². The van der Waals surface area contributed by atoms with Gasteiger partial charge in [-0.3, -0.25) is 4.79 Å². The van der Waals surface area contributed by atoms with Crippen LogP contribution < -0.4 is 5.43 Å². The van der Waals surface area contributed by atoms with Crippen molar-refractivity contribution in [2.75, 3.05) is 0 Å². The van der Waals surface area contributed by atoms with Gasteiger partial charge in [0.25, 0.3) is 5.91 Å². The number of nitrogens with zero attached hydrogens (tertiary/aromatic N) is 1. The number of furan rings is 1. The molecule has 0 aliphatic carbocycles. The molecule has 0 saturated heterocycles. The van der Waals surface area contributed by atoms with E-state index in [1.807, 2.05) is 0 Å². The maximum atomic E-state index is 13.3. The van der Waals surface area contributed by atoms with Crippen LogP contribution in [0.4, 0.5) is 4.39 Å². The third kappa shape index (κ3) is 2.82. The van der Waals surface area contributed by atoms with Crippen molar-refractivity contribution < 1.29 is 13.6 Å². The van der Waals surface area contributed by atoms with Crippen LogP contribution in [0.1, 0.15) is 21.9 Å². The third-order valence-electron chi connectivity index (χ3n) is 2.24. The zero-order chi connectivity index (χ0) is 13.0. The van der Waals surface area contributed by atoms with Crippen molar-refractivity contribution in [1.29, 1.82) is 0 Å². The highest BCUT2D eigenvalue weighted by molar-refractivity contribution is 5.94. The summed E-state index contributed by atoms with van der Waals surface area (Å²) >= 11 is 0. The van der Waals surface area contributed by atoms with Crippen LogP contribution in [-0.2, 0) is 0 Å². The molecule has 5 heteroatoms. The Kier molecular flexibility index (Phi) is 3.52. The molecule has 0 aliphatic rings. The lowest BCUT2D eigenvalue weighted by atomic mass is 10.2. The van der Waals surface area contributed by atoms with E-state index in [0.717, 1.165) is 5.76 Å². The Labute approximate surface area is 103 Å². The van der Waals surface area contributed by atoms with Crippen molar-refractivity contribution >= 4 is 12.1 Å². The molecule has 1 heterocycles. The van der Waals surface area contributed by atoms with Gasteiger partial charge in [-0.1, -0.05) is 12.1 Å². The summed E-state index contributed by atoms with van der Waals surface area (Å²) < 4.78 is 18.5. The summed E-state index contributed by atoms with van der Waals surface area (Å²) in [6.07, 6.45) is 1.35. The zero-order valence-electron chi connectivity index (χ0n) is 9.68. The Morgan fingerprint density at radius 2 is 2.11 bits per heavy atom. The van der Waals surface area contributed by atoms with Crippen LogP contribution in [0, 0.1) is 12.7 Å². The molecule has 0 bridgehead atoms. The first kappa shape index (κ1) is 12.0. The number of nitrogens with one attached hydrogen (secondary N) is 1. The Morgan fingerprint density at radius 1 is 1.33 bits per heavy atom. The van der Waals surface area contributed by atoms with Gasteiger partial charge in [0.05, 0.1) is 11.8 Å². The van der Waals surface area contributed by atoms with Crippen molar-refractivity contribution in [3.05, 3.63) is 59.3 Å². The van der Waals surface area contributed by atoms with E-state index < -0.39 is 11.7 Å². The molecular formula is C13H11FN2O2. The fourth-order valence-electron chi connectivity index (χ4n) is 1.38. The fraction of sp³-hybridized carbons (Fsp3) is 0.0769. The maximum Gasteiger partial charge on any atom is 0.274 e. The average Bonchev–Trinajstić information content (AvgIpc) is 2.75. The first-order valence-electron chi connectivity index (χ1n) is 5.31. The minimum absolute atomic E-state index is 0.0507. The monoisotopic (exact) mass is 246 g/mol. The fourth-order valence-corrected chi connectivity index (χ4v) is 1.38. The molecule has 1 N–H and O–H groups in total. The number of carbonyl (C=O) groups excluding carboxylic acids is 1. The van der Waals surface area contributed by atoms with Gasteiger partial charge in [0.1, 0.15) is 17.3 Å². The molecule has 2 aromatic rings. The second-order valence-corrected chi connectivity index (χ2v) is 3.63. The molecule has 0 atom stereocenters. The zero-order valence-corrected chi connectivity index (χ0v) is 9.68. The number of halogens is 1. The third-order valence-corrected chi connectivity index (χ3v) is 2.24. The molecule has 1 amide bonds. The largest absolute Gasteiger partial charge is 0.460 e. The predicted octanol–water partition coefficient (Wildman–Crippen LogP) is 2.49. The van der Waals surface area contributed by atoms with Gasteiger partial charge < -0.3 is 4.42 Å². The highest BCUT2D eigenvalue weighted by atomic mass is 19.1. The van der Waals surface area contributed by atoms with Gasteiger partial charge in [-0.15, -0.1) is 0 Å². The van der Waals surface area contributed by atoms with Crippen molar-refractivity contribution in [2.45, 2.75) is 6.92 Å². The Bertz CT molecular complexity index is 590. The molecule has 1 aromatic carbocycles. The second kappa shape index (κ2) is 5.27. The molecule has 1 aromatic heterocycles. The Morgan fingerprint density at radius 3 is 2.78 bits per heavy atom. The van der Waals surface area contributed by atoms with Gasteiger partial charge in [-0.2, -0.15) is 5.10 Å². The van der Waals surface area contributed by atoms with Crippen LogP contribution in [0.3, 0.4) is 0 Å². The minimum atomic E-state index is -0.604. The number of amides is 1. The standard InChI is InChI=1S/C13H11FN2O2/c1-9-6-7-10(18-9)8-15-16-13(17)11-4-2-3-5-12(11)14/h2-8H,1H3,(H,16,17)/b15-8-. The summed E-state index contributed by atoms with van der Waals surface area (Å²) in [5, 5.41) is 3.69. The Balaban J connectivity index is 2.01. The molecule has 0 unspecified atom stereocenters. The lowest BCUT2D eigenvalue weighted by molar-refractivity contribution is 0.0951. The molecule has 0 fully saturated rings. The number of benzene rings is 1. The molecule has 4 nitrogen and oxygen atoms in total. The first-order valence-corrected chi connectivity index (χ1v) is 5.31. The second-order valence-electron chi connectivity index (χ2n) is 3.63. The van der Waals surface area contributed by atoms with E-state index in [2.05, 4.69) is 10.5 Å². The van der Waals surface area contributed by atoms with Gasteiger partial charge >= 0.3 is 0 Å². The first-order chi connectivity index (χ1) is 8.66.